The van der Waals surface area contributed by atoms with Gasteiger partial charge in [-0.05, 0) is 57.5 Å². The molecule has 9 heteroatoms. The van der Waals surface area contributed by atoms with Crippen LogP contribution in [0.5, 0.6) is 5.75 Å². The van der Waals surface area contributed by atoms with Crippen molar-refractivity contribution in [2.75, 3.05) is 31.1 Å². The molecule has 0 bridgehead atoms. The van der Waals surface area contributed by atoms with Crippen molar-refractivity contribution in [2.24, 2.45) is 0 Å². The number of fused-ring (bicyclic) bond motifs is 1. The number of piperidine rings is 1. The highest BCUT2D eigenvalue weighted by atomic mass is 19.3. The van der Waals surface area contributed by atoms with Gasteiger partial charge in [-0.1, -0.05) is 0 Å². The van der Waals surface area contributed by atoms with E-state index in [1.165, 1.54) is 11.1 Å². The second-order valence-corrected chi connectivity index (χ2v) is 9.28. The lowest BCUT2D eigenvalue weighted by Crippen LogP contribution is -2.45. The van der Waals surface area contributed by atoms with Crippen molar-refractivity contribution in [1.29, 1.82) is 0 Å². The van der Waals surface area contributed by atoms with Gasteiger partial charge < -0.3 is 19.3 Å². The van der Waals surface area contributed by atoms with Crippen LogP contribution < -0.4 is 9.64 Å². The molecule has 0 N–H and O–H groups in total. The first-order valence-corrected chi connectivity index (χ1v) is 10.9. The van der Waals surface area contributed by atoms with Crippen molar-refractivity contribution in [3.63, 3.8) is 0 Å². The summed E-state index contributed by atoms with van der Waals surface area (Å²) in [6, 6.07) is 8.52. The number of halogens is 2. The molecule has 2 aliphatic heterocycles. The molecule has 0 unspecified atom stereocenters. The number of anilines is 2. The number of hydrogen-bond acceptors (Lipinski definition) is 6. The number of aromatic nitrogens is 1. The van der Waals surface area contributed by atoms with Crippen LogP contribution >= 0.6 is 0 Å². The average Bonchev–Trinajstić information content (AvgIpc) is 2.76. The molecule has 33 heavy (non-hydrogen) atoms. The van der Waals surface area contributed by atoms with Gasteiger partial charge in [0.1, 0.15) is 12.2 Å². The van der Waals surface area contributed by atoms with Crippen LogP contribution in [0.2, 0.25) is 0 Å². The summed E-state index contributed by atoms with van der Waals surface area (Å²) < 4.78 is 38.6. The van der Waals surface area contributed by atoms with Crippen molar-refractivity contribution in [2.45, 2.75) is 45.1 Å². The van der Waals surface area contributed by atoms with Crippen LogP contribution in [0.3, 0.4) is 0 Å². The normalized spacial score (nSPS) is 17.7. The monoisotopic (exact) mass is 459 g/mol. The van der Waals surface area contributed by atoms with Gasteiger partial charge in [0.15, 0.2) is 11.6 Å². The molecule has 0 spiro atoms. The maximum absolute atomic E-state index is 13.7. The Hall–Kier alpha value is -3.23. The molecule has 0 aliphatic carbocycles. The largest absolute Gasteiger partial charge is 0.488 e. The van der Waals surface area contributed by atoms with Crippen molar-refractivity contribution in [3.8, 4) is 5.75 Å². The number of rotatable bonds is 3. The Kier molecular flexibility index (Phi) is 5.99. The maximum Gasteiger partial charge on any atom is 0.338 e. The van der Waals surface area contributed by atoms with E-state index >= 15 is 0 Å². The van der Waals surface area contributed by atoms with Gasteiger partial charge in [-0.2, -0.15) is 0 Å². The number of amides is 1. The summed E-state index contributed by atoms with van der Waals surface area (Å²) in [7, 11) is 0. The molecule has 1 aromatic carbocycles. The molecular weight excluding hydrogens is 432 g/mol. The number of pyridine rings is 1. The smallest absolute Gasteiger partial charge is 0.338 e. The zero-order chi connectivity index (χ0) is 23.8. The lowest BCUT2D eigenvalue weighted by molar-refractivity contribution is -0.0560. The van der Waals surface area contributed by atoms with Crippen LogP contribution in [-0.2, 0) is 4.74 Å². The van der Waals surface area contributed by atoms with E-state index in [1.54, 1.807) is 30.3 Å². The van der Waals surface area contributed by atoms with E-state index in [9.17, 15) is 18.4 Å². The molecule has 0 saturated carbocycles. The van der Waals surface area contributed by atoms with E-state index in [0.717, 1.165) is 5.69 Å². The Morgan fingerprint density at radius 1 is 1.12 bits per heavy atom. The summed E-state index contributed by atoms with van der Waals surface area (Å²) in [5, 5.41) is 0. The number of benzene rings is 1. The number of ether oxygens (including phenoxy) is 2. The predicted octanol–water partition coefficient (Wildman–Crippen LogP) is 4.44. The standard InChI is InChI=1S/C24H27F2N3O4/c1-23(2,3)33-22(31)16-5-7-18(8-6-16)29-11-12-32-19-13-17(14-27-20(19)29)21(30)28-10-4-9-24(25,26)15-28/h5-8,13-14H,4,9-12,15H2,1-3H3. The Bertz CT molecular complexity index is 1050. The minimum Gasteiger partial charge on any atom is -0.488 e. The van der Waals surface area contributed by atoms with E-state index in [-0.39, 0.29) is 18.4 Å². The molecule has 2 aliphatic rings. The van der Waals surface area contributed by atoms with Gasteiger partial charge in [-0.15, -0.1) is 0 Å². The Morgan fingerprint density at radius 3 is 2.52 bits per heavy atom. The van der Waals surface area contributed by atoms with Gasteiger partial charge in [-0.25, -0.2) is 18.6 Å². The molecule has 1 aromatic heterocycles. The fraction of sp³-hybridized carbons (Fsp3) is 0.458. The number of esters is 1. The van der Waals surface area contributed by atoms with Gasteiger partial charge in [0.2, 0.25) is 0 Å². The van der Waals surface area contributed by atoms with Crippen molar-refractivity contribution in [1.82, 2.24) is 9.88 Å². The number of alkyl halides is 2. The molecule has 3 heterocycles. The first kappa shape index (κ1) is 22.9. The maximum atomic E-state index is 13.7. The zero-order valence-electron chi connectivity index (χ0n) is 18.9. The Morgan fingerprint density at radius 2 is 1.85 bits per heavy atom. The Balaban J connectivity index is 1.53. The van der Waals surface area contributed by atoms with Crippen LogP contribution in [0.25, 0.3) is 0 Å². The second kappa shape index (κ2) is 8.61. The molecule has 1 saturated heterocycles. The summed E-state index contributed by atoms with van der Waals surface area (Å²) in [6.45, 7) is 6.03. The lowest BCUT2D eigenvalue weighted by Gasteiger charge is -2.33. The van der Waals surface area contributed by atoms with Crippen molar-refractivity contribution in [3.05, 3.63) is 47.7 Å². The summed E-state index contributed by atoms with van der Waals surface area (Å²) in [5.41, 5.74) is 0.874. The highest BCUT2D eigenvalue weighted by molar-refractivity contribution is 5.95. The fourth-order valence-corrected chi connectivity index (χ4v) is 3.90. The Labute approximate surface area is 191 Å². The topological polar surface area (TPSA) is 72.0 Å². The van der Waals surface area contributed by atoms with Gasteiger partial charge in [0, 0.05) is 24.8 Å². The first-order valence-electron chi connectivity index (χ1n) is 10.9. The van der Waals surface area contributed by atoms with Gasteiger partial charge >= 0.3 is 5.97 Å². The number of likely N-dealkylation sites (tertiary alicyclic amines) is 1. The average molecular weight is 459 g/mol. The summed E-state index contributed by atoms with van der Waals surface area (Å²) >= 11 is 0. The molecule has 1 fully saturated rings. The molecule has 1 amide bonds. The summed E-state index contributed by atoms with van der Waals surface area (Å²) in [4.78, 5) is 32.5. The highest BCUT2D eigenvalue weighted by Crippen LogP contribution is 2.36. The third-order valence-corrected chi connectivity index (χ3v) is 5.40. The minimum atomic E-state index is -2.87. The fourth-order valence-electron chi connectivity index (χ4n) is 3.90. The molecule has 176 valence electrons. The van der Waals surface area contributed by atoms with E-state index in [1.807, 2.05) is 25.7 Å². The molecule has 7 nitrogen and oxygen atoms in total. The molecule has 0 radical (unpaired) electrons. The number of hydrogen-bond donors (Lipinski definition) is 0. The summed E-state index contributed by atoms with van der Waals surface area (Å²) in [5.74, 6) is -2.82. The van der Waals surface area contributed by atoms with E-state index in [0.29, 0.717) is 36.8 Å². The minimum absolute atomic E-state index is 0.204. The number of carbonyl (C=O) groups is 2. The number of nitrogens with zero attached hydrogens (tertiary/aromatic N) is 3. The predicted molar refractivity (Wildman–Crippen MR) is 118 cm³/mol. The van der Waals surface area contributed by atoms with Gasteiger partial charge in [0.25, 0.3) is 11.8 Å². The summed E-state index contributed by atoms with van der Waals surface area (Å²) in [6.07, 6.45) is 1.45. The highest BCUT2D eigenvalue weighted by Gasteiger charge is 2.37. The SMILES string of the molecule is CC(C)(C)OC(=O)c1ccc(N2CCOc3cc(C(=O)N4CCCC(F)(F)C4)cnc32)cc1. The number of carbonyl (C=O) groups excluding carboxylic acids is 2. The van der Waals surface area contributed by atoms with Crippen LogP contribution in [0.4, 0.5) is 20.3 Å². The molecule has 0 atom stereocenters. The van der Waals surface area contributed by atoms with Crippen LogP contribution in [0.15, 0.2) is 36.5 Å². The van der Waals surface area contributed by atoms with Crippen LogP contribution in [0, 0.1) is 0 Å². The molecule has 2 aromatic rings. The van der Waals surface area contributed by atoms with Crippen LogP contribution in [0.1, 0.15) is 54.3 Å². The van der Waals surface area contributed by atoms with Crippen LogP contribution in [-0.4, -0.2) is 59.5 Å². The third-order valence-electron chi connectivity index (χ3n) is 5.40. The zero-order valence-corrected chi connectivity index (χ0v) is 18.9. The second-order valence-electron chi connectivity index (χ2n) is 9.28. The van der Waals surface area contributed by atoms with Gasteiger partial charge in [0.05, 0.1) is 24.2 Å². The quantitative estimate of drug-likeness (QED) is 0.632. The molecule has 4 rings (SSSR count). The van der Waals surface area contributed by atoms with E-state index in [4.69, 9.17) is 9.47 Å². The molecular formula is C24H27F2N3O4. The van der Waals surface area contributed by atoms with Gasteiger partial charge in [-0.3, -0.25) is 4.79 Å². The lowest BCUT2D eigenvalue weighted by atomic mass is 10.1. The third kappa shape index (κ3) is 5.23. The van der Waals surface area contributed by atoms with Crippen molar-refractivity contribution < 1.29 is 27.8 Å². The van der Waals surface area contributed by atoms with E-state index < -0.39 is 29.9 Å². The van der Waals surface area contributed by atoms with E-state index in [2.05, 4.69) is 4.98 Å². The van der Waals surface area contributed by atoms with Crippen molar-refractivity contribution >= 4 is 23.4 Å². The first-order chi connectivity index (χ1) is 15.5.